The molecule has 1 aromatic rings. The molecule has 1 fully saturated rings. The summed E-state index contributed by atoms with van der Waals surface area (Å²) in [6.45, 7) is 6.32. The Labute approximate surface area is 135 Å². The summed E-state index contributed by atoms with van der Waals surface area (Å²) >= 11 is 12.5. The van der Waals surface area contributed by atoms with Crippen molar-refractivity contribution in [1.82, 2.24) is 10.6 Å². The number of hydrogen-bond acceptors (Lipinski definition) is 3. The minimum atomic E-state index is -0.434. The Hall–Kier alpha value is -0.810. The summed E-state index contributed by atoms with van der Waals surface area (Å²) in [5.74, 6) is -0.113. The molecule has 1 amide bonds. The molecular weight excluding hydrogens is 311 g/mol. The van der Waals surface area contributed by atoms with E-state index in [0.717, 1.165) is 12.1 Å². The van der Waals surface area contributed by atoms with Crippen molar-refractivity contribution in [1.29, 1.82) is 0 Å². The molecule has 0 bridgehead atoms. The molecule has 2 N–H and O–H groups in total. The highest BCUT2D eigenvalue weighted by atomic mass is 35.5. The third kappa shape index (κ3) is 4.10. The second-order valence-corrected chi connectivity index (χ2v) is 6.58. The normalized spacial score (nSPS) is 19.3. The van der Waals surface area contributed by atoms with Gasteiger partial charge in [0.15, 0.2) is 0 Å². The number of rotatable bonds is 4. The fraction of sp³-hybridized carbons (Fsp3) is 0.533. The van der Waals surface area contributed by atoms with E-state index >= 15 is 0 Å². The Balaban J connectivity index is 2.02. The van der Waals surface area contributed by atoms with E-state index in [2.05, 4.69) is 10.6 Å². The minimum Gasteiger partial charge on any atom is -0.366 e. The highest BCUT2D eigenvalue weighted by Gasteiger charge is 2.28. The third-order valence-electron chi connectivity index (χ3n) is 3.56. The molecule has 1 aromatic carbocycles. The van der Waals surface area contributed by atoms with Gasteiger partial charge in [-0.2, -0.15) is 0 Å². The number of benzene rings is 1. The predicted molar refractivity (Wildman–Crippen MR) is 85.1 cm³/mol. The zero-order chi connectivity index (χ0) is 15.5. The van der Waals surface area contributed by atoms with Crippen LogP contribution < -0.4 is 10.6 Å². The van der Waals surface area contributed by atoms with Gasteiger partial charge in [0.2, 0.25) is 5.91 Å². The smallest absolute Gasteiger partial charge is 0.250 e. The summed E-state index contributed by atoms with van der Waals surface area (Å²) in [4.78, 5) is 12.1. The maximum absolute atomic E-state index is 12.1. The highest BCUT2D eigenvalue weighted by Crippen LogP contribution is 2.35. The third-order valence-corrected chi connectivity index (χ3v) is 4.19. The molecule has 1 heterocycles. The zero-order valence-corrected chi connectivity index (χ0v) is 13.7. The van der Waals surface area contributed by atoms with Crippen LogP contribution in [0.3, 0.4) is 0 Å². The molecule has 0 saturated carbocycles. The Morgan fingerprint density at radius 1 is 1.43 bits per heavy atom. The molecule has 0 spiro atoms. The van der Waals surface area contributed by atoms with Crippen molar-refractivity contribution in [3.63, 3.8) is 0 Å². The van der Waals surface area contributed by atoms with Crippen LogP contribution in [-0.2, 0) is 14.9 Å². The van der Waals surface area contributed by atoms with Crippen molar-refractivity contribution in [3.8, 4) is 0 Å². The van der Waals surface area contributed by atoms with E-state index in [9.17, 15) is 4.79 Å². The van der Waals surface area contributed by atoms with Gasteiger partial charge in [-0.3, -0.25) is 4.79 Å². The second kappa shape index (κ2) is 6.97. The van der Waals surface area contributed by atoms with Crippen molar-refractivity contribution in [2.45, 2.75) is 25.4 Å². The number of hydrogen-bond donors (Lipinski definition) is 2. The molecule has 6 heteroatoms. The number of halogens is 2. The van der Waals surface area contributed by atoms with E-state index in [-0.39, 0.29) is 11.3 Å². The van der Waals surface area contributed by atoms with Gasteiger partial charge in [-0.1, -0.05) is 43.1 Å². The van der Waals surface area contributed by atoms with Crippen molar-refractivity contribution < 1.29 is 9.53 Å². The van der Waals surface area contributed by atoms with E-state index < -0.39 is 6.10 Å². The summed E-state index contributed by atoms with van der Waals surface area (Å²) in [7, 11) is 0. The Kier molecular flexibility index (Phi) is 5.49. The van der Waals surface area contributed by atoms with Gasteiger partial charge < -0.3 is 15.4 Å². The molecule has 0 aliphatic carbocycles. The number of nitrogens with one attached hydrogen (secondary N) is 2. The predicted octanol–water partition coefficient (Wildman–Crippen LogP) is 2.38. The lowest BCUT2D eigenvalue weighted by atomic mass is 9.84. The van der Waals surface area contributed by atoms with Gasteiger partial charge in [-0.15, -0.1) is 0 Å². The highest BCUT2D eigenvalue weighted by molar-refractivity contribution is 6.36. The lowest BCUT2D eigenvalue weighted by Gasteiger charge is -2.29. The molecule has 1 saturated heterocycles. The first-order valence-corrected chi connectivity index (χ1v) is 7.72. The number of ether oxygens (including phenoxy) is 1. The molecule has 1 aliphatic rings. The topological polar surface area (TPSA) is 50.4 Å². The quantitative estimate of drug-likeness (QED) is 0.891. The fourth-order valence-electron chi connectivity index (χ4n) is 2.39. The SMILES string of the molecule is CC(C)(CNC(=O)C1CNCCO1)c1c(Cl)cccc1Cl. The number of amides is 1. The van der Waals surface area contributed by atoms with Crippen LogP contribution in [0.4, 0.5) is 0 Å². The van der Waals surface area contributed by atoms with Gasteiger partial charge in [0.1, 0.15) is 6.10 Å². The molecule has 1 atom stereocenters. The average molecular weight is 331 g/mol. The average Bonchev–Trinajstić information content (AvgIpc) is 2.45. The molecule has 0 radical (unpaired) electrons. The minimum absolute atomic E-state index is 0.113. The van der Waals surface area contributed by atoms with Gasteiger partial charge in [0.25, 0.3) is 0 Å². The van der Waals surface area contributed by atoms with E-state index in [1.165, 1.54) is 0 Å². The van der Waals surface area contributed by atoms with Gasteiger partial charge in [-0.05, 0) is 17.7 Å². The van der Waals surface area contributed by atoms with Crippen molar-refractivity contribution in [3.05, 3.63) is 33.8 Å². The monoisotopic (exact) mass is 330 g/mol. The van der Waals surface area contributed by atoms with Crippen LogP contribution in [0.5, 0.6) is 0 Å². The van der Waals surface area contributed by atoms with Crippen LogP contribution in [0.2, 0.25) is 10.0 Å². The van der Waals surface area contributed by atoms with Crippen molar-refractivity contribution in [2.24, 2.45) is 0 Å². The molecule has 2 rings (SSSR count). The maximum Gasteiger partial charge on any atom is 0.250 e. The lowest BCUT2D eigenvalue weighted by Crippen LogP contribution is -2.50. The van der Waals surface area contributed by atoms with Gasteiger partial charge >= 0.3 is 0 Å². The van der Waals surface area contributed by atoms with Crippen LogP contribution in [0.1, 0.15) is 19.4 Å². The first-order valence-electron chi connectivity index (χ1n) is 6.96. The lowest BCUT2D eigenvalue weighted by molar-refractivity contribution is -0.134. The summed E-state index contributed by atoms with van der Waals surface area (Å²) in [6, 6.07) is 5.42. The van der Waals surface area contributed by atoms with Crippen LogP contribution in [0, 0.1) is 0 Å². The Bertz CT molecular complexity index is 494. The maximum atomic E-state index is 12.1. The summed E-state index contributed by atoms with van der Waals surface area (Å²) in [6.07, 6.45) is -0.434. The summed E-state index contributed by atoms with van der Waals surface area (Å²) in [5.41, 5.74) is 0.476. The van der Waals surface area contributed by atoms with Gasteiger partial charge in [-0.25, -0.2) is 0 Å². The van der Waals surface area contributed by atoms with Crippen LogP contribution in [0.25, 0.3) is 0 Å². The van der Waals surface area contributed by atoms with Crippen LogP contribution in [0.15, 0.2) is 18.2 Å². The van der Waals surface area contributed by atoms with Gasteiger partial charge in [0.05, 0.1) is 6.61 Å². The summed E-state index contributed by atoms with van der Waals surface area (Å²) < 4.78 is 5.43. The zero-order valence-electron chi connectivity index (χ0n) is 12.2. The molecule has 116 valence electrons. The standard InChI is InChI=1S/C15H20Cl2N2O2/c1-15(2,13-10(16)4-3-5-11(13)17)9-19-14(20)12-8-18-6-7-21-12/h3-5,12,18H,6-9H2,1-2H3,(H,19,20). The van der Waals surface area contributed by atoms with E-state index in [4.69, 9.17) is 27.9 Å². The number of carbonyl (C=O) groups is 1. The van der Waals surface area contributed by atoms with E-state index in [1.807, 2.05) is 19.9 Å². The first kappa shape index (κ1) is 16.6. The Morgan fingerprint density at radius 3 is 2.67 bits per heavy atom. The molecular formula is C15H20Cl2N2O2. The van der Waals surface area contributed by atoms with E-state index in [1.54, 1.807) is 12.1 Å². The molecule has 0 aromatic heterocycles. The Morgan fingerprint density at radius 2 is 2.10 bits per heavy atom. The molecule has 4 nitrogen and oxygen atoms in total. The molecule has 1 unspecified atom stereocenters. The first-order chi connectivity index (χ1) is 9.92. The van der Waals surface area contributed by atoms with Crippen LogP contribution in [-0.4, -0.2) is 38.3 Å². The molecule has 21 heavy (non-hydrogen) atoms. The van der Waals surface area contributed by atoms with Crippen molar-refractivity contribution in [2.75, 3.05) is 26.2 Å². The number of carbonyl (C=O) groups excluding carboxylic acids is 1. The van der Waals surface area contributed by atoms with Crippen LogP contribution >= 0.6 is 23.2 Å². The van der Waals surface area contributed by atoms with Gasteiger partial charge in [0, 0.05) is 35.1 Å². The summed E-state index contributed by atoms with van der Waals surface area (Å²) in [5, 5.41) is 7.28. The van der Waals surface area contributed by atoms with E-state index in [0.29, 0.717) is 29.7 Å². The second-order valence-electron chi connectivity index (χ2n) is 5.76. The van der Waals surface area contributed by atoms with Crippen molar-refractivity contribution >= 4 is 29.1 Å². The largest absolute Gasteiger partial charge is 0.366 e. The molecule has 1 aliphatic heterocycles. The number of morpholine rings is 1. The fourth-order valence-corrected chi connectivity index (χ4v) is 3.30.